The molecular weight excluding hydrogens is 298 g/mol. The van der Waals surface area contributed by atoms with Crippen molar-refractivity contribution in [1.82, 2.24) is 10.6 Å². The van der Waals surface area contributed by atoms with Gasteiger partial charge in [0.2, 0.25) is 5.96 Å². The fourth-order valence-electron chi connectivity index (χ4n) is 3.03. The third-order valence-corrected chi connectivity index (χ3v) is 4.18. The van der Waals surface area contributed by atoms with E-state index in [9.17, 15) is 0 Å². The molecule has 5 nitrogen and oxygen atoms in total. The molecule has 0 heterocycles. The van der Waals surface area contributed by atoms with Gasteiger partial charge < -0.3 is 16.4 Å². The fourth-order valence-corrected chi connectivity index (χ4v) is 3.03. The highest BCUT2D eigenvalue weighted by Gasteiger charge is 2.21. The molecule has 0 atom stereocenters. The number of guanidine groups is 2. The first-order chi connectivity index (χ1) is 11.7. The number of aliphatic imine (C=N–C) groups is 1. The Morgan fingerprint density at radius 3 is 2.33 bits per heavy atom. The van der Waals surface area contributed by atoms with Gasteiger partial charge in [0.25, 0.3) is 0 Å². The van der Waals surface area contributed by atoms with Crippen LogP contribution in [0.15, 0.2) is 59.6 Å². The Bertz CT molecular complexity index is 699. The lowest BCUT2D eigenvalue weighted by Crippen LogP contribution is -2.42. The summed E-state index contributed by atoms with van der Waals surface area (Å²) < 4.78 is 0. The fraction of sp³-hybridized carbons (Fsp3) is 0.263. The molecule has 0 aliphatic heterocycles. The van der Waals surface area contributed by atoms with Crippen molar-refractivity contribution in [2.24, 2.45) is 10.7 Å². The van der Waals surface area contributed by atoms with E-state index in [-0.39, 0.29) is 12.0 Å². The van der Waals surface area contributed by atoms with Crippen LogP contribution in [0.2, 0.25) is 0 Å². The number of nitrogens with one attached hydrogen (secondary N) is 3. The van der Waals surface area contributed by atoms with Gasteiger partial charge in [-0.3, -0.25) is 5.41 Å². The summed E-state index contributed by atoms with van der Waals surface area (Å²) >= 11 is 0. The summed E-state index contributed by atoms with van der Waals surface area (Å²) in [5.41, 5.74) is 9.88. The first-order valence-electron chi connectivity index (χ1n) is 8.24. The first-order valence-corrected chi connectivity index (χ1v) is 8.24. The van der Waals surface area contributed by atoms with Crippen molar-refractivity contribution in [2.75, 3.05) is 6.54 Å². The lowest BCUT2D eigenvalue weighted by atomic mass is 10.1. The topological polar surface area (TPSA) is 86.3 Å². The number of benzene rings is 2. The van der Waals surface area contributed by atoms with E-state index in [0.29, 0.717) is 12.5 Å². The molecule has 0 radical (unpaired) electrons. The molecular formula is C19H23N5. The van der Waals surface area contributed by atoms with E-state index in [1.165, 1.54) is 16.7 Å². The number of fused-ring (bicyclic) bond motifs is 1. The van der Waals surface area contributed by atoms with Gasteiger partial charge in [-0.05, 0) is 36.0 Å². The van der Waals surface area contributed by atoms with Crippen LogP contribution < -0.4 is 16.4 Å². The normalized spacial score (nSPS) is 14.2. The molecule has 0 spiro atoms. The largest absolute Gasteiger partial charge is 0.370 e. The van der Waals surface area contributed by atoms with Gasteiger partial charge in [-0.15, -0.1) is 0 Å². The highest BCUT2D eigenvalue weighted by Crippen LogP contribution is 2.21. The smallest absolute Gasteiger partial charge is 0.218 e. The van der Waals surface area contributed by atoms with E-state index in [0.717, 1.165) is 19.3 Å². The zero-order chi connectivity index (χ0) is 16.8. The van der Waals surface area contributed by atoms with Gasteiger partial charge in [0.15, 0.2) is 5.96 Å². The van der Waals surface area contributed by atoms with Gasteiger partial charge in [0.05, 0.1) is 0 Å². The zero-order valence-corrected chi connectivity index (χ0v) is 13.6. The maximum atomic E-state index is 7.87. The number of hydrogen-bond donors (Lipinski definition) is 4. The Balaban J connectivity index is 1.43. The van der Waals surface area contributed by atoms with E-state index < -0.39 is 0 Å². The molecule has 1 aliphatic carbocycles. The zero-order valence-electron chi connectivity index (χ0n) is 13.6. The van der Waals surface area contributed by atoms with E-state index >= 15 is 0 Å². The van der Waals surface area contributed by atoms with Crippen LogP contribution in [0, 0.1) is 5.41 Å². The Labute approximate surface area is 142 Å². The summed E-state index contributed by atoms with van der Waals surface area (Å²) in [6, 6.07) is 18.8. The van der Waals surface area contributed by atoms with Gasteiger partial charge in [0.1, 0.15) is 0 Å². The highest BCUT2D eigenvalue weighted by molar-refractivity contribution is 5.92. The second kappa shape index (κ2) is 7.64. The number of hydrogen-bond acceptors (Lipinski definition) is 1. The van der Waals surface area contributed by atoms with E-state index in [4.69, 9.17) is 11.1 Å². The van der Waals surface area contributed by atoms with Crippen LogP contribution >= 0.6 is 0 Å². The van der Waals surface area contributed by atoms with E-state index in [2.05, 4.69) is 52.0 Å². The number of rotatable bonds is 4. The lowest BCUT2D eigenvalue weighted by Gasteiger charge is -2.13. The molecule has 2 aromatic rings. The summed E-state index contributed by atoms with van der Waals surface area (Å²) in [4.78, 5) is 4.09. The molecule has 0 bridgehead atoms. The van der Waals surface area contributed by atoms with Crippen molar-refractivity contribution in [3.63, 3.8) is 0 Å². The minimum absolute atomic E-state index is 0.0893. The Morgan fingerprint density at radius 1 is 1.04 bits per heavy atom. The molecule has 0 aromatic heterocycles. The van der Waals surface area contributed by atoms with Gasteiger partial charge in [-0.1, -0.05) is 54.6 Å². The standard InChI is InChI=1S/C19H23N5/c20-18(22-11-10-14-6-2-1-3-7-14)24-19(21)23-17-12-15-8-4-5-9-16(15)13-17/h1-9,17H,10-13H2,(H5,20,21,22,23,24). The Morgan fingerprint density at radius 2 is 1.67 bits per heavy atom. The molecule has 24 heavy (non-hydrogen) atoms. The van der Waals surface area contributed by atoms with Crippen molar-refractivity contribution < 1.29 is 0 Å². The van der Waals surface area contributed by atoms with Crippen molar-refractivity contribution in [3.05, 3.63) is 71.3 Å². The van der Waals surface area contributed by atoms with Crippen molar-refractivity contribution in [3.8, 4) is 0 Å². The Kier molecular flexibility index (Phi) is 5.11. The molecule has 0 saturated carbocycles. The van der Waals surface area contributed by atoms with Gasteiger partial charge in [0, 0.05) is 12.6 Å². The molecule has 0 unspecified atom stereocenters. The molecule has 124 valence electrons. The molecule has 0 amide bonds. The molecule has 5 N–H and O–H groups in total. The Hall–Kier alpha value is -2.82. The quantitative estimate of drug-likeness (QED) is 0.512. The second-order valence-corrected chi connectivity index (χ2v) is 6.03. The van der Waals surface area contributed by atoms with Crippen molar-refractivity contribution >= 4 is 11.9 Å². The van der Waals surface area contributed by atoms with Crippen molar-refractivity contribution in [2.45, 2.75) is 25.3 Å². The van der Waals surface area contributed by atoms with E-state index in [1.807, 2.05) is 18.2 Å². The third-order valence-electron chi connectivity index (χ3n) is 4.18. The van der Waals surface area contributed by atoms with Crippen LogP contribution in [0.3, 0.4) is 0 Å². The molecule has 0 saturated heterocycles. The average Bonchev–Trinajstić information content (AvgIpc) is 2.97. The molecule has 5 heteroatoms. The SMILES string of the molecule is N=C(/N=C(\N)NC1Cc2ccccc2C1)NCCc1ccccc1. The van der Waals surface area contributed by atoms with Crippen LogP contribution in [-0.2, 0) is 19.3 Å². The molecule has 2 aromatic carbocycles. The van der Waals surface area contributed by atoms with Crippen LogP contribution in [0.25, 0.3) is 0 Å². The summed E-state index contributed by atoms with van der Waals surface area (Å²) in [6.45, 7) is 0.661. The van der Waals surface area contributed by atoms with Crippen LogP contribution in [-0.4, -0.2) is 24.5 Å². The highest BCUT2D eigenvalue weighted by atomic mass is 15.2. The third kappa shape index (κ3) is 4.35. The van der Waals surface area contributed by atoms with Gasteiger partial charge in [-0.25, -0.2) is 0 Å². The van der Waals surface area contributed by atoms with E-state index in [1.54, 1.807) is 0 Å². The minimum Gasteiger partial charge on any atom is -0.370 e. The predicted molar refractivity (Wildman–Crippen MR) is 98.3 cm³/mol. The summed E-state index contributed by atoms with van der Waals surface area (Å²) in [7, 11) is 0. The molecule has 3 rings (SSSR count). The van der Waals surface area contributed by atoms with Crippen LogP contribution in [0.5, 0.6) is 0 Å². The monoisotopic (exact) mass is 321 g/mol. The lowest BCUT2D eigenvalue weighted by molar-refractivity contribution is 0.641. The molecule has 1 aliphatic rings. The first kappa shape index (κ1) is 16.1. The second-order valence-electron chi connectivity index (χ2n) is 6.03. The minimum atomic E-state index is 0.0893. The number of nitrogens with two attached hydrogens (primary N) is 1. The summed E-state index contributed by atoms with van der Waals surface area (Å²) in [6.07, 6.45) is 2.74. The number of nitrogens with zero attached hydrogens (tertiary/aromatic N) is 1. The maximum Gasteiger partial charge on any atom is 0.218 e. The van der Waals surface area contributed by atoms with Gasteiger partial charge >= 0.3 is 0 Å². The maximum absolute atomic E-state index is 7.87. The predicted octanol–water partition coefficient (Wildman–Crippen LogP) is 1.83. The summed E-state index contributed by atoms with van der Waals surface area (Å²) in [5.74, 6) is 0.386. The van der Waals surface area contributed by atoms with Crippen LogP contribution in [0.4, 0.5) is 0 Å². The van der Waals surface area contributed by atoms with Crippen molar-refractivity contribution in [1.29, 1.82) is 5.41 Å². The van der Waals surface area contributed by atoms with Crippen LogP contribution in [0.1, 0.15) is 16.7 Å². The summed E-state index contributed by atoms with van der Waals surface area (Å²) in [5, 5.41) is 14.1. The van der Waals surface area contributed by atoms with Gasteiger partial charge in [-0.2, -0.15) is 4.99 Å². The molecule has 0 fully saturated rings. The average molecular weight is 321 g/mol.